The van der Waals surface area contributed by atoms with Crippen LogP contribution in [0.25, 0.3) is 0 Å². The van der Waals surface area contributed by atoms with E-state index in [1.54, 1.807) is 35.4 Å². The maximum Gasteiger partial charge on any atom is 0.322 e. The third-order valence-electron chi connectivity index (χ3n) is 5.72. The molecule has 10 heteroatoms. The van der Waals surface area contributed by atoms with Crippen molar-refractivity contribution in [3.8, 4) is 11.5 Å². The van der Waals surface area contributed by atoms with Crippen LogP contribution in [0.2, 0.25) is 0 Å². The molecule has 0 aliphatic carbocycles. The van der Waals surface area contributed by atoms with Gasteiger partial charge in [0.2, 0.25) is 0 Å². The molecule has 3 aromatic rings. The summed E-state index contributed by atoms with van der Waals surface area (Å²) in [5.41, 5.74) is 9.19. The summed E-state index contributed by atoms with van der Waals surface area (Å²) in [5.74, 6) is 1.20. The number of ketones is 1. The van der Waals surface area contributed by atoms with E-state index in [-0.39, 0.29) is 18.2 Å². The van der Waals surface area contributed by atoms with Gasteiger partial charge in [-0.3, -0.25) is 9.78 Å². The fraction of sp³-hybridized carbons (Fsp3) is 0.346. The van der Waals surface area contributed by atoms with Crippen molar-refractivity contribution >= 4 is 34.5 Å². The van der Waals surface area contributed by atoms with E-state index < -0.39 is 0 Å². The smallest absolute Gasteiger partial charge is 0.322 e. The summed E-state index contributed by atoms with van der Waals surface area (Å²) in [7, 11) is 4.01. The van der Waals surface area contributed by atoms with Crippen LogP contribution in [-0.2, 0) is 13.0 Å². The molecule has 36 heavy (non-hydrogen) atoms. The molecule has 0 fully saturated rings. The number of nitrogens with two attached hydrogens (primary N) is 1. The van der Waals surface area contributed by atoms with Crippen LogP contribution < -0.4 is 20.5 Å². The molecule has 4 rings (SSSR count). The first kappa shape index (κ1) is 25.5. The van der Waals surface area contributed by atoms with E-state index in [0.29, 0.717) is 54.9 Å². The van der Waals surface area contributed by atoms with Gasteiger partial charge in [-0.05, 0) is 61.8 Å². The molecule has 3 heterocycles. The first-order valence-corrected chi connectivity index (χ1v) is 12.7. The predicted molar refractivity (Wildman–Crippen MR) is 141 cm³/mol. The Bertz CT molecular complexity index is 1200. The Morgan fingerprint density at radius 2 is 1.89 bits per heavy atom. The summed E-state index contributed by atoms with van der Waals surface area (Å²) in [6.07, 6.45) is 2.68. The fourth-order valence-electron chi connectivity index (χ4n) is 3.80. The molecule has 9 nitrogen and oxygen atoms in total. The van der Waals surface area contributed by atoms with Crippen molar-refractivity contribution in [1.82, 2.24) is 14.8 Å². The number of amides is 2. The molecule has 1 aliphatic heterocycles. The van der Waals surface area contributed by atoms with E-state index in [0.717, 1.165) is 24.1 Å². The quantitative estimate of drug-likeness (QED) is 0.399. The zero-order valence-corrected chi connectivity index (χ0v) is 21.3. The second-order valence-corrected chi connectivity index (χ2v) is 9.61. The number of aromatic nitrogens is 1. The van der Waals surface area contributed by atoms with Crippen LogP contribution in [0.3, 0.4) is 0 Å². The number of ether oxygens (including phenoxy) is 2. The molecule has 0 radical (unpaired) electrons. The van der Waals surface area contributed by atoms with Gasteiger partial charge in [0, 0.05) is 48.5 Å². The van der Waals surface area contributed by atoms with E-state index in [9.17, 15) is 9.59 Å². The van der Waals surface area contributed by atoms with Gasteiger partial charge in [-0.25, -0.2) is 4.79 Å². The van der Waals surface area contributed by atoms with Crippen molar-refractivity contribution in [3.05, 3.63) is 64.1 Å². The van der Waals surface area contributed by atoms with Crippen LogP contribution in [0.5, 0.6) is 11.5 Å². The summed E-state index contributed by atoms with van der Waals surface area (Å²) < 4.78 is 11.2. The van der Waals surface area contributed by atoms with E-state index in [1.165, 1.54) is 11.3 Å². The van der Waals surface area contributed by atoms with Gasteiger partial charge in [0.15, 0.2) is 17.3 Å². The van der Waals surface area contributed by atoms with Crippen molar-refractivity contribution in [3.63, 3.8) is 0 Å². The first-order chi connectivity index (χ1) is 17.4. The number of nitrogens with one attached hydrogen (secondary N) is 1. The molecule has 0 saturated carbocycles. The van der Waals surface area contributed by atoms with Crippen LogP contribution in [0.1, 0.15) is 28.0 Å². The average molecular weight is 510 g/mol. The summed E-state index contributed by atoms with van der Waals surface area (Å²) in [6.45, 7) is 2.77. The number of urea groups is 1. The van der Waals surface area contributed by atoms with Gasteiger partial charge < -0.3 is 30.3 Å². The molecule has 3 N–H and O–H groups in total. The minimum atomic E-state index is -0.224. The van der Waals surface area contributed by atoms with Crippen molar-refractivity contribution < 1.29 is 19.1 Å². The molecule has 1 aliphatic rings. The van der Waals surface area contributed by atoms with E-state index in [1.807, 2.05) is 30.9 Å². The van der Waals surface area contributed by atoms with E-state index in [4.69, 9.17) is 15.2 Å². The van der Waals surface area contributed by atoms with Crippen LogP contribution >= 0.6 is 11.3 Å². The van der Waals surface area contributed by atoms with E-state index >= 15 is 0 Å². The number of nitrogen functional groups attached to an aromatic ring is 1. The summed E-state index contributed by atoms with van der Waals surface area (Å²) in [6, 6.07) is 8.69. The number of hydrogen-bond donors (Lipinski definition) is 2. The maximum atomic E-state index is 13.2. The third-order valence-corrected chi connectivity index (χ3v) is 6.54. The Hall–Kier alpha value is -3.63. The number of pyridine rings is 1. The highest BCUT2D eigenvalue weighted by Crippen LogP contribution is 2.32. The molecular formula is C26H31N5O4S. The molecule has 0 bridgehead atoms. The second kappa shape index (κ2) is 11.9. The summed E-state index contributed by atoms with van der Waals surface area (Å²) in [4.78, 5) is 34.0. The number of benzene rings is 1. The zero-order chi connectivity index (χ0) is 25.5. The normalized spacial score (nSPS) is 12.4. The van der Waals surface area contributed by atoms with Crippen molar-refractivity contribution in [2.45, 2.75) is 19.4 Å². The number of hydrogen-bond acceptors (Lipinski definition) is 8. The standard InChI is InChI=1S/C26H31N5O4S/c1-30(2)8-3-9-31(26(33)29-20-5-7-24-25(13-20)35-11-10-34-24)15-18-4-6-22(28-14-18)23(32)12-19-16-36-17-21(19)27/h4-7,13-14,16-17H,3,8-12,15,27H2,1-2H3,(H,29,33). The Morgan fingerprint density at radius 1 is 1.08 bits per heavy atom. The Morgan fingerprint density at radius 3 is 2.58 bits per heavy atom. The monoisotopic (exact) mass is 509 g/mol. The number of rotatable bonds is 10. The molecule has 190 valence electrons. The van der Waals surface area contributed by atoms with Crippen molar-refractivity contribution in [2.24, 2.45) is 0 Å². The van der Waals surface area contributed by atoms with Gasteiger partial charge in [0.25, 0.3) is 0 Å². The van der Waals surface area contributed by atoms with Gasteiger partial charge in [-0.2, -0.15) is 0 Å². The largest absolute Gasteiger partial charge is 0.486 e. The van der Waals surface area contributed by atoms with Gasteiger partial charge in [-0.15, -0.1) is 11.3 Å². The Balaban J connectivity index is 1.42. The summed E-state index contributed by atoms with van der Waals surface area (Å²) >= 11 is 1.47. The third kappa shape index (κ3) is 6.73. The SMILES string of the molecule is CN(C)CCCN(Cc1ccc(C(=O)Cc2cscc2N)nc1)C(=O)Nc1ccc2c(c1)OCCO2. The summed E-state index contributed by atoms with van der Waals surface area (Å²) in [5, 5.41) is 6.66. The number of anilines is 2. The van der Waals surface area contributed by atoms with Gasteiger partial charge >= 0.3 is 6.03 Å². The number of Topliss-reactive ketones (excluding diaryl/α,β-unsaturated/α-hetero) is 1. The second-order valence-electron chi connectivity index (χ2n) is 8.87. The van der Waals surface area contributed by atoms with Crippen LogP contribution in [0.4, 0.5) is 16.2 Å². The number of nitrogens with zero attached hydrogens (tertiary/aromatic N) is 3. The van der Waals surface area contributed by atoms with Gasteiger partial charge in [0.05, 0.1) is 0 Å². The lowest BCUT2D eigenvalue weighted by Gasteiger charge is -2.25. The highest BCUT2D eigenvalue weighted by atomic mass is 32.1. The molecule has 1 aromatic carbocycles. The number of fused-ring (bicyclic) bond motifs is 1. The lowest BCUT2D eigenvalue weighted by molar-refractivity contribution is 0.0988. The van der Waals surface area contributed by atoms with E-state index in [2.05, 4.69) is 15.2 Å². The average Bonchev–Trinajstić information content (AvgIpc) is 3.27. The fourth-order valence-corrected chi connectivity index (χ4v) is 4.55. The van der Waals surface area contributed by atoms with Gasteiger partial charge in [0.1, 0.15) is 18.9 Å². The topological polar surface area (TPSA) is 110 Å². The Labute approximate surface area is 214 Å². The molecule has 0 atom stereocenters. The van der Waals surface area contributed by atoms with Crippen molar-refractivity contribution in [1.29, 1.82) is 0 Å². The molecule has 0 spiro atoms. The number of carbonyl (C=O) groups is 2. The minimum absolute atomic E-state index is 0.0918. The number of thiophene rings is 1. The molecule has 0 unspecified atom stereocenters. The molecule has 2 amide bonds. The first-order valence-electron chi connectivity index (χ1n) is 11.8. The minimum Gasteiger partial charge on any atom is -0.486 e. The highest BCUT2D eigenvalue weighted by molar-refractivity contribution is 7.08. The van der Waals surface area contributed by atoms with Crippen molar-refractivity contribution in [2.75, 3.05) is 51.4 Å². The lowest BCUT2D eigenvalue weighted by atomic mass is 10.1. The predicted octanol–water partition coefficient (Wildman–Crippen LogP) is 3.91. The lowest BCUT2D eigenvalue weighted by Crippen LogP contribution is -2.36. The van der Waals surface area contributed by atoms with Crippen LogP contribution in [-0.4, -0.2) is 67.0 Å². The highest BCUT2D eigenvalue weighted by Gasteiger charge is 2.18. The van der Waals surface area contributed by atoms with Gasteiger partial charge in [-0.1, -0.05) is 6.07 Å². The molecular weight excluding hydrogens is 478 g/mol. The Kier molecular flexibility index (Phi) is 8.40. The zero-order valence-electron chi connectivity index (χ0n) is 20.5. The number of carbonyl (C=O) groups excluding carboxylic acids is 2. The molecule has 2 aromatic heterocycles. The molecule has 0 saturated heterocycles. The maximum absolute atomic E-state index is 13.2. The van der Waals surface area contributed by atoms with Crippen LogP contribution in [0.15, 0.2) is 47.3 Å². The van der Waals surface area contributed by atoms with Crippen LogP contribution in [0, 0.1) is 0 Å².